The highest BCUT2D eigenvalue weighted by Crippen LogP contribution is 2.37. The van der Waals surface area contributed by atoms with Crippen LogP contribution in [0.3, 0.4) is 0 Å². The van der Waals surface area contributed by atoms with Crippen LogP contribution >= 0.6 is 0 Å². The van der Waals surface area contributed by atoms with Crippen LogP contribution in [-0.2, 0) is 22.7 Å². The first-order chi connectivity index (χ1) is 11.1. The van der Waals surface area contributed by atoms with E-state index >= 15 is 0 Å². The normalized spacial score (nSPS) is 13.1. The lowest BCUT2D eigenvalue weighted by atomic mass is 10.0. The Morgan fingerprint density at radius 3 is 2.87 bits per heavy atom. The van der Waals surface area contributed by atoms with Crippen molar-refractivity contribution in [1.82, 2.24) is 0 Å². The van der Waals surface area contributed by atoms with Crippen LogP contribution in [0.1, 0.15) is 23.6 Å². The summed E-state index contributed by atoms with van der Waals surface area (Å²) < 4.78 is 6.02. The number of furan rings is 1. The summed E-state index contributed by atoms with van der Waals surface area (Å²) in [4.78, 5) is 21.5. The molecule has 2 heterocycles. The second-order valence-electron chi connectivity index (χ2n) is 5.93. The van der Waals surface area contributed by atoms with Gasteiger partial charge in [-0.2, -0.15) is 4.89 Å². The van der Waals surface area contributed by atoms with Gasteiger partial charge >= 0.3 is 0 Å². The van der Waals surface area contributed by atoms with Gasteiger partial charge in [-0.15, -0.1) is 0 Å². The van der Waals surface area contributed by atoms with Crippen molar-refractivity contribution < 1.29 is 19.0 Å². The van der Waals surface area contributed by atoms with Crippen LogP contribution in [0.25, 0.3) is 22.3 Å². The third-order valence-corrected chi connectivity index (χ3v) is 4.15. The lowest BCUT2D eigenvalue weighted by molar-refractivity contribution is -0.194. The van der Waals surface area contributed by atoms with E-state index in [4.69, 9.17) is 14.2 Å². The molecule has 1 aromatic heterocycles. The fraction of sp³-hybridized carbons (Fsp3) is 0.211. The van der Waals surface area contributed by atoms with Gasteiger partial charge in [-0.25, -0.2) is 0 Å². The van der Waals surface area contributed by atoms with E-state index in [0.29, 0.717) is 13.0 Å². The van der Waals surface area contributed by atoms with Crippen molar-refractivity contribution in [2.75, 3.05) is 0 Å². The second-order valence-corrected chi connectivity index (χ2v) is 5.93. The number of hydrogen-bond acceptors (Lipinski definition) is 4. The topological polar surface area (TPSA) is 48.7 Å². The zero-order valence-corrected chi connectivity index (χ0v) is 13.0. The van der Waals surface area contributed by atoms with Crippen LogP contribution in [0, 0.1) is 6.92 Å². The number of ketones is 1. The van der Waals surface area contributed by atoms with E-state index < -0.39 is 0 Å². The highest BCUT2D eigenvalue weighted by atomic mass is 17.2. The van der Waals surface area contributed by atoms with E-state index in [1.54, 1.807) is 6.92 Å². The van der Waals surface area contributed by atoms with Crippen molar-refractivity contribution in [2.45, 2.75) is 26.9 Å². The number of carbonyl (C=O) groups is 1. The Balaban J connectivity index is 1.81. The standard InChI is InChI=1S/C19H16O4/c1-11(20)7-13-3-6-17-16(8-13)12(2)19(22-17)14-4-5-15-10-21-23-18(15)9-14/h3-6,8-9H,7,10H2,1-2H3. The molecule has 4 rings (SSSR count). The molecule has 2 aromatic carbocycles. The van der Waals surface area contributed by atoms with E-state index in [1.807, 2.05) is 43.3 Å². The molecule has 4 nitrogen and oxygen atoms in total. The number of rotatable bonds is 3. The molecule has 0 spiro atoms. The molecule has 23 heavy (non-hydrogen) atoms. The van der Waals surface area contributed by atoms with E-state index in [0.717, 1.165) is 44.7 Å². The van der Waals surface area contributed by atoms with Gasteiger partial charge in [0.15, 0.2) is 5.75 Å². The Hall–Kier alpha value is -2.59. The Bertz CT molecular complexity index is 921. The Morgan fingerprint density at radius 2 is 2.04 bits per heavy atom. The number of carbonyl (C=O) groups excluding carboxylic acids is 1. The quantitative estimate of drug-likeness (QED) is 0.674. The van der Waals surface area contributed by atoms with Gasteiger partial charge in [-0.05, 0) is 37.6 Å². The summed E-state index contributed by atoms with van der Waals surface area (Å²) in [5, 5.41) is 1.04. The van der Waals surface area contributed by atoms with Crippen molar-refractivity contribution in [2.24, 2.45) is 0 Å². The fourth-order valence-corrected chi connectivity index (χ4v) is 2.99. The van der Waals surface area contributed by atoms with Crippen molar-refractivity contribution in [3.63, 3.8) is 0 Å². The first kappa shape index (κ1) is 14.0. The van der Waals surface area contributed by atoms with E-state index in [9.17, 15) is 4.79 Å². The van der Waals surface area contributed by atoms with Crippen LogP contribution in [0.4, 0.5) is 0 Å². The highest BCUT2D eigenvalue weighted by molar-refractivity contribution is 5.89. The lowest BCUT2D eigenvalue weighted by Crippen LogP contribution is -1.95. The predicted octanol–water partition coefficient (Wildman–Crippen LogP) is 4.36. The third kappa shape index (κ3) is 2.41. The summed E-state index contributed by atoms with van der Waals surface area (Å²) in [6.07, 6.45) is 0.444. The van der Waals surface area contributed by atoms with Gasteiger partial charge in [0, 0.05) is 28.5 Å². The summed E-state index contributed by atoms with van der Waals surface area (Å²) in [6, 6.07) is 11.8. The van der Waals surface area contributed by atoms with Gasteiger partial charge in [0.1, 0.15) is 23.7 Å². The van der Waals surface area contributed by atoms with Gasteiger partial charge in [0.25, 0.3) is 0 Å². The minimum absolute atomic E-state index is 0.154. The lowest BCUT2D eigenvalue weighted by Gasteiger charge is -2.01. The number of hydrogen-bond donors (Lipinski definition) is 0. The largest absolute Gasteiger partial charge is 0.456 e. The molecule has 4 heteroatoms. The summed E-state index contributed by atoms with van der Waals surface area (Å²) in [5.41, 5.74) is 4.88. The molecule has 0 aliphatic carbocycles. The average Bonchev–Trinajstić information content (AvgIpc) is 3.11. The zero-order chi connectivity index (χ0) is 16.0. The number of benzene rings is 2. The smallest absolute Gasteiger partial charge is 0.171 e. The molecule has 1 aliphatic rings. The van der Waals surface area contributed by atoms with Gasteiger partial charge < -0.3 is 9.30 Å². The molecule has 3 aromatic rings. The summed E-state index contributed by atoms with van der Waals surface area (Å²) in [6.45, 7) is 4.11. The van der Waals surface area contributed by atoms with Crippen molar-refractivity contribution in [3.8, 4) is 17.1 Å². The van der Waals surface area contributed by atoms with E-state index in [-0.39, 0.29) is 5.78 Å². The average molecular weight is 308 g/mol. The van der Waals surface area contributed by atoms with Crippen LogP contribution in [0.2, 0.25) is 0 Å². The molecule has 0 atom stereocenters. The van der Waals surface area contributed by atoms with E-state index in [2.05, 4.69) is 0 Å². The zero-order valence-electron chi connectivity index (χ0n) is 13.0. The monoisotopic (exact) mass is 308 g/mol. The SMILES string of the molecule is CC(=O)Cc1ccc2oc(-c3ccc4c(c3)OOC4)c(C)c2c1. The molecule has 0 saturated heterocycles. The first-order valence-electron chi connectivity index (χ1n) is 7.56. The molecule has 0 saturated carbocycles. The maximum absolute atomic E-state index is 11.3. The summed E-state index contributed by atoms with van der Waals surface area (Å²) in [7, 11) is 0. The molecule has 0 unspecified atom stereocenters. The van der Waals surface area contributed by atoms with Crippen LogP contribution in [0.5, 0.6) is 5.75 Å². The number of Topliss-reactive ketones (excluding diaryl/α,β-unsaturated/α-hetero) is 1. The molecule has 116 valence electrons. The maximum atomic E-state index is 11.3. The predicted molar refractivity (Wildman–Crippen MR) is 86.2 cm³/mol. The molecular weight excluding hydrogens is 292 g/mol. The Kier molecular flexibility index (Phi) is 3.20. The molecule has 1 aliphatic heterocycles. The van der Waals surface area contributed by atoms with Crippen molar-refractivity contribution in [1.29, 1.82) is 0 Å². The molecular formula is C19H16O4. The minimum atomic E-state index is 0.154. The third-order valence-electron chi connectivity index (χ3n) is 4.15. The van der Waals surface area contributed by atoms with Gasteiger partial charge in [0.05, 0.1) is 0 Å². The molecule has 0 radical (unpaired) electrons. The van der Waals surface area contributed by atoms with Gasteiger partial charge in [-0.3, -0.25) is 4.79 Å². The van der Waals surface area contributed by atoms with Crippen LogP contribution in [0.15, 0.2) is 40.8 Å². The number of aryl methyl sites for hydroxylation is 1. The minimum Gasteiger partial charge on any atom is -0.456 e. The first-order valence-corrected chi connectivity index (χ1v) is 7.56. The van der Waals surface area contributed by atoms with E-state index in [1.165, 1.54) is 0 Å². The molecule has 0 N–H and O–H groups in total. The van der Waals surface area contributed by atoms with Crippen LogP contribution < -0.4 is 4.89 Å². The number of fused-ring (bicyclic) bond motifs is 2. The Labute approximate surface area is 133 Å². The summed E-state index contributed by atoms with van der Waals surface area (Å²) >= 11 is 0. The molecule has 0 bridgehead atoms. The second kappa shape index (κ2) is 5.25. The van der Waals surface area contributed by atoms with Crippen molar-refractivity contribution >= 4 is 16.8 Å². The van der Waals surface area contributed by atoms with Crippen molar-refractivity contribution in [3.05, 3.63) is 53.1 Å². The van der Waals surface area contributed by atoms with Gasteiger partial charge in [0.2, 0.25) is 0 Å². The van der Waals surface area contributed by atoms with Gasteiger partial charge in [-0.1, -0.05) is 18.2 Å². The fourth-order valence-electron chi connectivity index (χ4n) is 2.99. The van der Waals surface area contributed by atoms with Crippen LogP contribution in [-0.4, -0.2) is 5.78 Å². The summed E-state index contributed by atoms with van der Waals surface area (Å²) in [5.74, 6) is 1.71. The molecule has 0 fully saturated rings. The highest BCUT2D eigenvalue weighted by Gasteiger charge is 2.18. The molecule has 0 amide bonds. The Morgan fingerprint density at radius 1 is 1.17 bits per heavy atom. The maximum Gasteiger partial charge on any atom is 0.171 e.